The highest BCUT2D eigenvalue weighted by Crippen LogP contribution is 2.43. The zero-order chi connectivity index (χ0) is 40.4. The number of fused-ring (bicyclic) bond motifs is 9. The maximum atomic E-state index is 2.49. The molecule has 9 aromatic carbocycles. The van der Waals surface area contributed by atoms with E-state index < -0.39 is 0 Å². The molecule has 0 radical (unpaired) electrons. The molecule has 0 atom stereocenters. The molecule has 0 unspecified atom stereocenters. The molecule has 0 saturated carbocycles. The number of hydrogen-bond acceptors (Lipinski definition) is 1. The van der Waals surface area contributed by atoms with Crippen molar-refractivity contribution in [3.63, 3.8) is 0 Å². The molecule has 0 N–H and O–H groups in total. The Morgan fingerprint density at radius 3 is 1.69 bits per heavy atom. The summed E-state index contributed by atoms with van der Waals surface area (Å²) >= 11 is 1.88. The lowest BCUT2D eigenvalue weighted by Gasteiger charge is -2.12. The van der Waals surface area contributed by atoms with E-state index in [1.165, 1.54) is 127 Å². The van der Waals surface area contributed by atoms with E-state index in [4.69, 9.17) is 0 Å². The summed E-state index contributed by atoms with van der Waals surface area (Å²) in [7, 11) is 0. The highest BCUT2D eigenvalue weighted by atomic mass is 32.1. The van der Waals surface area contributed by atoms with E-state index in [2.05, 4.69) is 216 Å². The highest BCUT2D eigenvalue weighted by molar-refractivity contribution is 7.25. The number of hydrogen-bond donors (Lipinski definition) is 0. The molecule has 0 fully saturated rings. The SMILES string of the molecule is CCCCc1cccc(-c2cccc(-n3c4ccccc4c4cc(-c5ccc6c(c5)c5ccccc5n6-c5cccc6sc7ccc(-c8ccccc8)cc7c56)ccc43)c2)c1. The van der Waals surface area contributed by atoms with E-state index in [0.717, 1.165) is 6.42 Å². The minimum Gasteiger partial charge on any atom is -0.309 e. The molecule has 0 saturated heterocycles. The normalized spacial score (nSPS) is 11.9. The number of thiophene rings is 1. The largest absolute Gasteiger partial charge is 0.309 e. The number of benzene rings is 9. The lowest BCUT2D eigenvalue weighted by atomic mass is 10.00. The van der Waals surface area contributed by atoms with Crippen molar-refractivity contribution in [1.29, 1.82) is 0 Å². The van der Waals surface area contributed by atoms with Crippen LogP contribution in [0.1, 0.15) is 25.3 Å². The molecule has 2 nitrogen and oxygen atoms in total. The number of para-hydroxylation sites is 2. The van der Waals surface area contributed by atoms with Gasteiger partial charge in [0.25, 0.3) is 0 Å². The molecular weight excluding hydrogens is 757 g/mol. The van der Waals surface area contributed by atoms with E-state index in [1.807, 2.05) is 11.3 Å². The van der Waals surface area contributed by atoms with Crippen LogP contribution in [0.2, 0.25) is 0 Å². The summed E-state index contributed by atoms with van der Waals surface area (Å²) in [5.41, 5.74) is 16.1. The summed E-state index contributed by atoms with van der Waals surface area (Å²) in [4.78, 5) is 0. The number of aromatic nitrogens is 2. The second-order valence-electron chi connectivity index (χ2n) is 16.4. The Labute approximate surface area is 359 Å². The standard InChI is InChI=1S/C58H42N2S/c1-2-3-14-38-15-11-18-40(33-38)41-19-12-20-45(34-41)59-51-23-9-7-21-46(51)48-35-43(27-30-53(48)59)44-28-31-54-49(36-44)47-22-8-10-24-52(47)60(54)55-25-13-26-57-58(55)50-37-42(29-32-56(50)61-57)39-16-5-4-6-17-39/h4-13,15-37H,2-3,14H2,1H3. The van der Waals surface area contributed by atoms with Crippen LogP contribution in [0.15, 0.2) is 200 Å². The third-order valence-corrected chi connectivity index (χ3v) is 13.8. The van der Waals surface area contributed by atoms with Gasteiger partial charge in [-0.3, -0.25) is 0 Å². The van der Waals surface area contributed by atoms with Crippen molar-refractivity contribution in [2.75, 3.05) is 0 Å². The summed E-state index contributed by atoms with van der Waals surface area (Å²) in [6.45, 7) is 2.26. The molecule has 12 rings (SSSR count). The Bertz CT molecular complexity index is 3640. The summed E-state index contributed by atoms with van der Waals surface area (Å²) in [5.74, 6) is 0. The molecule has 0 aliphatic rings. The van der Waals surface area contributed by atoms with Crippen LogP contribution in [-0.4, -0.2) is 9.13 Å². The minimum absolute atomic E-state index is 1.12. The number of unbranched alkanes of at least 4 members (excludes halogenated alkanes) is 1. The second kappa shape index (κ2) is 14.5. The average Bonchev–Trinajstić information content (AvgIpc) is 3.98. The molecule has 0 spiro atoms. The predicted molar refractivity (Wildman–Crippen MR) is 263 cm³/mol. The third kappa shape index (κ3) is 5.91. The summed E-state index contributed by atoms with van der Waals surface area (Å²) in [5, 5.41) is 7.64. The molecule has 290 valence electrons. The molecule has 3 heteroatoms. The fourth-order valence-corrected chi connectivity index (χ4v) is 10.9. The van der Waals surface area contributed by atoms with Crippen molar-refractivity contribution in [3.05, 3.63) is 206 Å². The molecule has 12 aromatic rings. The topological polar surface area (TPSA) is 9.86 Å². The first kappa shape index (κ1) is 35.7. The first-order chi connectivity index (χ1) is 30.2. The van der Waals surface area contributed by atoms with Crippen molar-refractivity contribution in [2.45, 2.75) is 26.2 Å². The number of rotatable bonds is 8. The predicted octanol–water partition coefficient (Wildman–Crippen LogP) is 16.6. The van der Waals surface area contributed by atoms with Gasteiger partial charge in [-0.05, 0) is 125 Å². The van der Waals surface area contributed by atoms with Crippen LogP contribution in [0.4, 0.5) is 0 Å². The fourth-order valence-electron chi connectivity index (χ4n) is 9.76. The van der Waals surface area contributed by atoms with Crippen molar-refractivity contribution in [1.82, 2.24) is 9.13 Å². The molecular formula is C58H42N2S. The van der Waals surface area contributed by atoms with Crippen molar-refractivity contribution in [2.24, 2.45) is 0 Å². The summed E-state index contributed by atoms with van der Waals surface area (Å²) < 4.78 is 7.54. The second-order valence-corrected chi connectivity index (χ2v) is 17.4. The van der Waals surface area contributed by atoms with Gasteiger partial charge in [-0.1, -0.05) is 141 Å². The van der Waals surface area contributed by atoms with Crippen LogP contribution in [0.3, 0.4) is 0 Å². The lowest BCUT2D eigenvalue weighted by molar-refractivity contribution is 0.795. The summed E-state index contributed by atoms with van der Waals surface area (Å²) in [6, 6.07) is 74.4. The Morgan fingerprint density at radius 2 is 0.934 bits per heavy atom. The van der Waals surface area contributed by atoms with Gasteiger partial charge in [0.05, 0.1) is 27.8 Å². The van der Waals surface area contributed by atoms with Gasteiger partial charge in [-0.15, -0.1) is 11.3 Å². The van der Waals surface area contributed by atoms with E-state index in [-0.39, 0.29) is 0 Å². The zero-order valence-corrected chi connectivity index (χ0v) is 34.8. The van der Waals surface area contributed by atoms with E-state index in [9.17, 15) is 0 Å². The van der Waals surface area contributed by atoms with Crippen LogP contribution >= 0.6 is 11.3 Å². The van der Waals surface area contributed by atoms with Gasteiger partial charge in [0, 0.05) is 47.4 Å². The van der Waals surface area contributed by atoms with Gasteiger partial charge >= 0.3 is 0 Å². The number of nitrogens with zero attached hydrogens (tertiary/aromatic N) is 2. The van der Waals surface area contributed by atoms with E-state index in [0.29, 0.717) is 0 Å². The third-order valence-electron chi connectivity index (χ3n) is 12.7. The van der Waals surface area contributed by atoms with Gasteiger partial charge < -0.3 is 9.13 Å². The van der Waals surface area contributed by atoms with Crippen LogP contribution < -0.4 is 0 Å². The van der Waals surface area contributed by atoms with E-state index in [1.54, 1.807) is 0 Å². The first-order valence-electron chi connectivity index (χ1n) is 21.5. The van der Waals surface area contributed by atoms with Gasteiger partial charge in [0.2, 0.25) is 0 Å². The molecule has 61 heavy (non-hydrogen) atoms. The molecule has 3 aromatic heterocycles. The minimum atomic E-state index is 1.12. The van der Waals surface area contributed by atoms with Gasteiger partial charge in [0.1, 0.15) is 0 Å². The zero-order valence-electron chi connectivity index (χ0n) is 34.0. The number of aryl methyl sites for hydroxylation is 1. The molecule has 0 aliphatic heterocycles. The molecule has 0 aliphatic carbocycles. The Hall–Kier alpha value is -7.20. The quantitative estimate of drug-likeness (QED) is 0.145. The Balaban J connectivity index is 0.991. The molecule has 0 amide bonds. The maximum absolute atomic E-state index is 2.49. The van der Waals surface area contributed by atoms with Crippen LogP contribution in [0, 0.1) is 0 Å². The Morgan fingerprint density at radius 1 is 0.377 bits per heavy atom. The van der Waals surface area contributed by atoms with Crippen LogP contribution in [-0.2, 0) is 6.42 Å². The van der Waals surface area contributed by atoms with Crippen molar-refractivity contribution in [3.8, 4) is 44.8 Å². The van der Waals surface area contributed by atoms with Crippen molar-refractivity contribution < 1.29 is 0 Å². The van der Waals surface area contributed by atoms with Crippen molar-refractivity contribution >= 4 is 75.1 Å². The van der Waals surface area contributed by atoms with Crippen LogP contribution in [0.5, 0.6) is 0 Å². The molecule has 3 heterocycles. The Kier molecular flexibility index (Phi) is 8.50. The highest BCUT2D eigenvalue weighted by Gasteiger charge is 2.19. The monoisotopic (exact) mass is 798 g/mol. The summed E-state index contributed by atoms with van der Waals surface area (Å²) in [6.07, 6.45) is 3.54. The lowest BCUT2D eigenvalue weighted by Crippen LogP contribution is -1.95. The maximum Gasteiger partial charge on any atom is 0.0555 e. The average molecular weight is 799 g/mol. The molecule has 0 bridgehead atoms. The van der Waals surface area contributed by atoms with Gasteiger partial charge in [0.15, 0.2) is 0 Å². The first-order valence-corrected chi connectivity index (χ1v) is 22.3. The fraction of sp³-hybridized carbons (Fsp3) is 0.0690. The van der Waals surface area contributed by atoms with Gasteiger partial charge in [-0.25, -0.2) is 0 Å². The smallest absolute Gasteiger partial charge is 0.0555 e. The van der Waals surface area contributed by atoms with Crippen LogP contribution in [0.25, 0.3) is 109 Å². The van der Waals surface area contributed by atoms with E-state index >= 15 is 0 Å². The van der Waals surface area contributed by atoms with Gasteiger partial charge in [-0.2, -0.15) is 0 Å².